The molecule has 3 saturated heterocycles. The quantitative estimate of drug-likeness (QED) is 0.352. The van der Waals surface area contributed by atoms with Gasteiger partial charge in [0, 0.05) is 50.0 Å². The van der Waals surface area contributed by atoms with Crippen molar-refractivity contribution in [1.82, 2.24) is 19.6 Å². The molecule has 2 unspecified atom stereocenters. The van der Waals surface area contributed by atoms with E-state index >= 15 is 0 Å². The normalized spacial score (nSPS) is 23.9. The highest BCUT2D eigenvalue weighted by molar-refractivity contribution is 5.91. The molecule has 0 bridgehead atoms. The average molecular weight is 751 g/mol. The number of nitrogens with one attached hydrogen (secondary N) is 1. The number of para-hydroxylation sites is 1. The van der Waals surface area contributed by atoms with E-state index in [1.54, 1.807) is 21.9 Å². The third kappa shape index (κ3) is 8.87. The summed E-state index contributed by atoms with van der Waals surface area (Å²) in [6, 6.07) is 6.57. The highest BCUT2D eigenvalue weighted by Gasteiger charge is 2.44. The Balaban J connectivity index is 1.30. The predicted octanol–water partition coefficient (Wildman–Crippen LogP) is 6.26. The highest BCUT2D eigenvalue weighted by atomic mass is 19.4. The van der Waals surface area contributed by atoms with Gasteiger partial charge in [0.2, 0.25) is 5.91 Å². The lowest BCUT2D eigenvalue weighted by atomic mass is 9.81. The first-order valence-electron chi connectivity index (χ1n) is 18.3. The smallest absolute Gasteiger partial charge is 0.416 e. The van der Waals surface area contributed by atoms with Crippen LogP contribution in [0.3, 0.4) is 0 Å². The number of urea groups is 1. The summed E-state index contributed by atoms with van der Waals surface area (Å²) in [5.74, 6) is -1.89. The number of likely N-dealkylation sites (tertiary alicyclic amines) is 3. The number of nitrogens with zero attached hydrogens (tertiary/aromatic N) is 4. The number of carboxylic acid groups (broad SMARTS) is 1. The number of hydrogen-bond acceptors (Lipinski definition) is 5. The number of amides is 4. The van der Waals surface area contributed by atoms with Gasteiger partial charge in [0.25, 0.3) is 0 Å². The van der Waals surface area contributed by atoms with Crippen molar-refractivity contribution < 1.29 is 45.8 Å². The van der Waals surface area contributed by atoms with E-state index in [0.29, 0.717) is 50.2 Å². The zero-order valence-corrected chi connectivity index (χ0v) is 29.9. The summed E-state index contributed by atoms with van der Waals surface area (Å²) in [6.07, 6.45) is -8.42. The first-order chi connectivity index (χ1) is 24.9. The molecule has 1 N–H and O–H groups in total. The van der Waals surface area contributed by atoms with E-state index in [0.717, 1.165) is 36.4 Å². The fraction of sp³-hybridized carbons (Fsp3) is 0.605. The standard InChI is InChI=1S/C38H47F6N5O4/c1-36(2)11-17-46(18-12-36)28-8-13-47(14-9-28)33(50)30(21-24-19-26(37(39,40)41)22-27(20-24)38(42,43)44)32-23-29(10-16-49(32)35(52)53)48-15-7-25-5-3-4-6-31(25)45-34(48)51/h3-6,19-20,22,28-30,32H,7-18,21,23H2,1-2H3,(H,45,51)(H,52,53)/p-1/t29?,30?,32-/m1/s1. The van der Waals surface area contributed by atoms with Crippen molar-refractivity contribution in [3.63, 3.8) is 0 Å². The zero-order valence-electron chi connectivity index (χ0n) is 29.9. The summed E-state index contributed by atoms with van der Waals surface area (Å²) >= 11 is 0. The zero-order chi connectivity index (χ0) is 38.3. The van der Waals surface area contributed by atoms with E-state index < -0.39 is 65.9 Å². The summed E-state index contributed by atoms with van der Waals surface area (Å²) in [6.45, 7) is 7.08. The molecule has 3 fully saturated rings. The van der Waals surface area contributed by atoms with Gasteiger partial charge in [0.05, 0.1) is 17.0 Å². The molecule has 0 aromatic heterocycles. The number of piperidine rings is 3. The molecule has 2 aromatic rings. The van der Waals surface area contributed by atoms with Crippen molar-refractivity contribution in [1.29, 1.82) is 0 Å². The molecule has 4 heterocycles. The Morgan fingerprint density at radius 3 is 2.08 bits per heavy atom. The van der Waals surface area contributed by atoms with Gasteiger partial charge in [-0.3, -0.25) is 4.79 Å². The minimum atomic E-state index is -5.11. The number of rotatable bonds is 6. The summed E-state index contributed by atoms with van der Waals surface area (Å²) in [4.78, 5) is 47.2. The van der Waals surface area contributed by atoms with Crippen LogP contribution in [0.25, 0.3) is 0 Å². The van der Waals surface area contributed by atoms with Crippen molar-refractivity contribution in [3.05, 3.63) is 64.7 Å². The Morgan fingerprint density at radius 1 is 0.868 bits per heavy atom. The van der Waals surface area contributed by atoms with Gasteiger partial charge in [0.1, 0.15) is 6.09 Å². The van der Waals surface area contributed by atoms with Crippen LogP contribution in [0.4, 0.5) is 41.6 Å². The first-order valence-corrected chi connectivity index (χ1v) is 18.3. The second-order valence-corrected chi connectivity index (χ2v) is 15.7. The molecule has 0 radical (unpaired) electrons. The van der Waals surface area contributed by atoms with Crippen LogP contribution < -0.4 is 10.4 Å². The van der Waals surface area contributed by atoms with Gasteiger partial charge in [-0.15, -0.1) is 0 Å². The third-order valence-electron chi connectivity index (χ3n) is 11.8. The molecule has 6 rings (SSSR count). The number of carbonyl (C=O) groups excluding carboxylic acids is 3. The minimum Gasteiger partial charge on any atom is -0.530 e. The summed E-state index contributed by atoms with van der Waals surface area (Å²) < 4.78 is 83.5. The molecule has 0 aliphatic carbocycles. The molecule has 4 aliphatic heterocycles. The number of fused-ring (bicyclic) bond motifs is 1. The molecule has 3 atom stereocenters. The van der Waals surface area contributed by atoms with Crippen molar-refractivity contribution in [2.45, 2.75) is 95.7 Å². The summed E-state index contributed by atoms with van der Waals surface area (Å²) in [7, 11) is 0. The largest absolute Gasteiger partial charge is 0.530 e. The lowest BCUT2D eigenvalue weighted by Crippen LogP contribution is -2.61. The fourth-order valence-corrected chi connectivity index (χ4v) is 8.57. The second kappa shape index (κ2) is 15.0. The SMILES string of the molecule is CC1(C)CCN(C2CCN(C(=O)C(Cc3cc(C(F)(F)F)cc(C(F)(F)F)c3)[C@H]3CC(N4CCc5ccccc5NC4=O)CCN3C(=O)[O-])CC2)CC1. The van der Waals surface area contributed by atoms with Crippen LogP contribution in [-0.4, -0.2) is 95.0 Å². The Kier molecular flexibility index (Phi) is 11.0. The molecule has 15 heteroatoms. The van der Waals surface area contributed by atoms with Crippen LogP contribution >= 0.6 is 0 Å². The Morgan fingerprint density at radius 2 is 1.47 bits per heavy atom. The molecular weight excluding hydrogens is 704 g/mol. The van der Waals surface area contributed by atoms with Gasteiger partial charge < -0.3 is 34.8 Å². The van der Waals surface area contributed by atoms with Crippen LogP contribution in [0.5, 0.6) is 0 Å². The highest BCUT2D eigenvalue weighted by Crippen LogP contribution is 2.39. The van der Waals surface area contributed by atoms with Crippen LogP contribution in [0.1, 0.15) is 74.6 Å². The predicted molar refractivity (Wildman–Crippen MR) is 183 cm³/mol. The van der Waals surface area contributed by atoms with E-state index in [-0.39, 0.29) is 49.0 Å². The molecule has 4 aliphatic rings. The molecule has 53 heavy (non-hydrogen) atoms. The second-order valence-electron chi connectivity index (χ2n) is 15.7. The maximum atomic E-state index is 14.6. The van der Waals surface area contributed by atoms with Crippen LogP contribution in [-0.2, 0) is 30.0 Å². The number of anilines is 1. The fourth-order valence-electron chi connectivity index (χ4n) is 8.57. The molecule has 2 aromatic carbocycles. The van der Waals surface area contributed by atoms with Gasteiger partial charge >= 0.3 is 18.4 Å². The lowest BCUT2D eigenvalue weighted by Gasteiger charge is -2.48. The number of halogens is 6. The maximum absolute atomic E-state index is 14.6. The van der Waals surface area contributed by atoms with E-state index in [1.807, 2.05) is 12.1 Å². The Hall–Kier alpha value is -4.01. The molecule has 9 nitrogen and oxygen atoms in total. The topological polar surface area (TPSA) is 99.3 Å². The Labute approximate surface area is 305 Å². The molecular formula is C38H46F6N5O4-. The minimum absolute atomic E-state index is 0.0346. The van der Waals surface area contributed by atoms with E-state index in [9.17, 15) is 45.8 Å². The van der Waals surface area contributed by atoms with Crippen LogP contribution in [0.15, 0.2) is 42.5 Å². The van der Waals surface area contributed by atoms with Gasteiger partial charge in [-0.2, -0.15) is 26.3 Å². The Bertz CT molecular complexity index is 1630. The average Bonchev–Trinajstić information content (AvgIpc) is 3.27. The number of benzene rings is 2. The monoisotopic (exact) mass is 750 g/mol. The van der Waals surface area contributed by atoms with E-state index in [1.165, 1.54) is 0 Å². The summed E-state index contributed by atoms with van der Waals surface area (Å²) in [5, 5.41) is 15.5. The van der Waals surface area contributed by atoms with Gasteiger partial charge in [-0.25, -0.2) is 4.79 Å². The number of hydrogen-bond donors (Lipinski definition) is 1. The van der Waals surface area contributed by atoms with E-state index in [4.69, 9.17) is 0 Å². The van der Waals surface area contributed by atoms with Gasteiger partial charge in [-0.05, 0) is 105 Å². The van der Waals surface area contributed by atoms with Crippen LogP contribution in [0, 0.1) is 11.3 Å². The molecule has 290 valence electrons. The van der Waals surface area contributed by atoms with Crippen molar-refractivity contribution in [2.75, 3.05) is 44.6 Å². The number of carbonyl (C=O) groups is 3. The molecule has 4 amide bonds. The summed E-state index contributed by atoms with van der Waals surface area (Å²) in [5.41, 5.74) is -1.63. The van der Waals surface area contributed by atoms with Crippen molar-refractivity contribution in [3.8, 4) is 0 Å². The van der Waals surface area contributed by atoms with Crippen molar-refractivity contribution >= 4 is 23.7 Å². The van der Waals surface area contributed by atoms with E-state index in [2.05, 4.69) is 24.1 Å². The third-order valence-corrected chi connectivity index (χ3v) is 11.8. The maximum Gasteiger partial charge on any atom is 0.416 e. The number of alkyl halides is 6. The first kappa shape index (κ1) is 38.7. The molecule has 0 saturated carbocycles. The molecule has 0 spiro atoms. The van der Waals surface area contributed by atoms with Gasteiger partial charge in [-0.1, -0.05) is 32.0 Å². The van der Waals surface area contributed by atoms with Crippen LogP contribution in [0.2, 0.25) is 0 Å². The lowest BCUT2D eigenvalue weighted by molar-refractivity contribution is -0.270. The van der Waals surface area contributed by atoms with Gasteiger partial charge in [0.15, 0.2) is 0 Å². The van der Waals surface area contributed by atoms with Crippen molar-refractivity contribution in [2.24, 2.45) is 11.3 Å².